The molecule has 0 aromatic carbocycles. The number of carbonyl (C=O) groups excluding carboxylic acids is 1. The monoisotopic (exact) mass is 190 g/mol. The summed E-state index contributed by atoms with van der Waals surface area (Å²) in [5.74, 6) is 0. The average Bonchev–Trinajstić information content (AvgIpc) is 2.46. The van der Waals surface area contributed by atoms with Crippen molar-refractivity contribution in [3.63, 3.8) is 0 Å². The van der Waals surface area contributed by atoms with Gasteiger partial charge in [-0.25, -0.2) is 9.18 Å². The molecule has 0 aromatic rings. The van der Waals surface area contributed by atoms with E-state index in [0.717, 1.165) is 0 Å². The first-order chi connectivity index (χ1) is 6.19. The quantitative estimate of drug-likeness (QED) is 0.684. The molecule has 76 valence electrons. The standard InChI is InChI=1S/C8H15FN2O2/c1-10-8(12)11-4-6(9)3-7(11)5-13-2/h6-7H,3-5H2,1-2H3,(H,10,12)/t6-,7-/m0/s1. The smallest absolute Gasteiger partial charge is 0.317 e. The van der Waals surface area contributed by atoms with Gasteiger partial charge in [0.25, 0.3) is 0 Å². The van der Waals surface area contributed by atoms with Gasteiger partial charge in [0.1, 0.15) is 6.17 Å². The van der Waals surface area contributed by atoms with Gasteiger partial charge in [-0.15, -0.1) is 0 Å². The van der Waals surface area contributed by atoms with Crippen LogP contribution in [0.1, 0.15) is 6.42 Å². The minimum Gasteiger partial charge on any atom is -0.383 e. The van der Waals surface area contributed by atoms with Gasteiger partial charge < -0.3 is 15.0 Å². The highest BCUT2D eigenvalue weighted by molar-refractivity contribution is 5.74. The molecular formula is C8H15FN2O2. The van der Waals surface area contributed by atoms with Crippen LogP contribution in [-0.2, 0) is 4.74 Å². The van der Waals surface area contributed by atoms with Gasteiger partial charge >= 0.3 is 6.03 Å². The van der Waals surface area contributed by atoms with Crippen LogP contribution in [0.2, 0.25) is 0 Å². The second kappa shape index (κ2) is 4.41. The van der Waals surface area contributed by atoms with Gasteiger partial charge in [0, 0.05) is 20.6 Å². The molecule has 1 fully saturated rings. The summed E-state index contributed by atoms with van der Waals surface area (Å²) in [6, 6.07) is -0.359. The lowest BCUT2D eigenvalue weighted by atomic mass is 10.2. The number of hydrogen-bond donors (Lipinski definition) is 1. The van der Waals surface area contributed by atoms with Crippen molar-refractivity contribution >= 4 is 6.03 Å². The second-order valence-corrected chi connectivity index (χ2v) is 3.15. The van der Waals surface area contributed by atoms with E-state index in [9.17, 15) is 9.18 Å². The molecule has 13 heavy (non-hydrogen) atoms. The van der Waals surface area contributed by atoms with Crippen molar-refractivity contribution in [3.05, 3.63) is 0 Å². The summed E-state index contributed by atoms with van der Waals surface area (Å²) in [6.45, 7) is 0.571. The number of nitrogens with one attached hydrogen (secondary N) is 1. The lowest BCUT2D eigenvalue weighted by molar-refractivity contribution is 0.124. The molecule has 2 amide bonds. The third-order valence-corrected chi connectivity index (χ3v) is 2.20. The van der Waals surface area contributed by atoms with Crippen molar-refractivity contribution in [2.24, 2.45) is 0 Å². The molecule has 2 atom stereocenters. The number of amides is 2. The Morgan fingerprint density at radius 1 is 1.77 bits per heavy atom. The lowest BCUT2D eigenvalue weighted by Gasteiger charge is -2.22. The fourth-order valence-corrected chi connectivity index (χ4v) is 1.60. The summed E-state index contributed by atoms with van der Waals surface area (Å²) < 4.78 is 17.9. The first-order valence-electron chi connectivity index (χ1n) is 4.30. The van der Waals surface area contributed by atoms with Crippen LogP contribution in [0, 0.1) is 0 Å². The Hall–Kier alpha value is -0.840. The van der Waals surface area contributed by atoms with E-state index in [2.05, 4.69) is 5.32 Å². The van der Waals surface area contributed by atoms with Crippen molar-refractivity contribution in [2.45, 2.75) is 18.6 Å². The highest BCUT2D eigenvalue weighted by Gasteiger charge is 2.34. The number of likely N-dealkylation sites (tertiary alicyclic amines) is 1. The van der Waals surface area contributed by atoms with Crippen LogP contribution in [0.25, 0.3) is 0 Å². The van der Waals surface area contributed by atoms with Crippen LogP contribution in [-0.4, -0.2) is 50.5 Å². The molecule has 1 aliphatic heterocycles. The number of halogens is 1. The molecule has 0 unspecified atom stereocenters. The Bertz CT molecular complexity index is 189. The van der Waals surface area contributed by atoms with Crippen molar-refractivity contribution < 1.29 is 13.9 Å². The van der Waals surface area contributed by atoms with Crippen LogP contribution >= 0.6 is 0 Å². The highest BCUT2D eigenvalue weighted by Crippen LogP contribution is 2.20. The number of urea groups is 1. The number of hydrogen-bond acceptors (Lipinski definition) is 2. The topological polar surface area (TPSA) is 41.6 Å². The van der Waals surface area contributed by atoms with Gasteiger partial charge in [-0.2, -0.15) is 0 Å². The molecule has 4 nitrogen and oxygen atoms in total. The Balaban J connectivity index is 2.55. The Morgan fingerprint density at radius 2 is 2.46 bits per heavy atom. The molecule has 1 heterocycles. The van der Waals surface area contributed by atoms with Gasteiger partial charge in [-0.3, -0.25) is 0 Å². The molecule has 0 radical (unpaired) electrons. The van der Waals surface area contributed by atoms with E-state index >= 15 is 0 Å². The summed E-state index contributed by atoms with van der Waals surface area (Å²) in [6.07, 6.45) is -0.543. The summed E-state index contributed by atoms with van der Waals surface area (Å²) in [4.78, 5) is 12.7. The van der Waals surface area contributed by atoms with Crippen LogP contribution in [0.15, 0.2) is 0 Å². The number of rotatable bonds is 2. The van der Waals surface area contributed by atoms with Gasteiger partial charge in [-0.1, -0.05) is 0 Å². The molecule has 0 bridgehead atoms. The zero-order valence-corrected chi connectivity index (χ0v) is 7.92. The maximum atomic E-state index is 13.0. The maximum Gasteiger partial charge on any atom is 0.317 e. The molecule has 1 aliphatic rings. The largest absolute Gasteiger partial charge is 0.383 e. The highest BCUT2D eigenvalue weighted by atomic mass is 19.1. The summed E-state index contributed by atoms with van der Waals surface area (Å²) >= 11 is 0. The number of nitrogens with zero attached hydrogens (tertiary/aromatic N) is 1. The third-order valence-electron chi connectivity index (χ3n) is 2.20. The molecule has 0 aliphatic carbocycles. The van der Waals surface area contributed by atoms with E-state index < -0.39 is 6.17 Å². The van der Waals surface area contributed by atoms with Crippen LogP contribution < -0.4 is 5.32 Å². The average molecular weight is 190 g/mol. The predicted molar refractivity (Wildman–Crippen MR) is 46.3 cm³/mol. The first kappa shape index (κ1) is 10.2. The van der Waals surface area contributed by atoms with Crippen LogP contribution in [0.5, 0.6) is 0 Å². The Labute approximate surface area is 77.0 Å². The number of methoxy groups -OCH3 is 1. The van der Waals surface area contributed by atoms with Gasteiger partial charge in [0.2, 0.25) is 0 Å². The molecule has 0 saturated carbocycles. The molecule has 0 aromatic heterocycles. The third kappa shape index (κ3) is 2.30. The second-order valence-electron chi connectivity index (χ2n) is 3.15. The van der Waals surface area contributed by atoms with Crippen molar-refractivity contribution in [1.29, 1.82) is 0 Å². The number of alkyl halides is 1. The van der Waals surface area contributed by atoms with Crippen molar-refractivity contribution in [3.8, 4) is 0 Å². The molecule has 1 rings (SSSR count). The van der Waals surface area contributed by atoms with E-state index in [0.29, 0.717) is 13.0 Å². The normalized spacial score (nSPS) is 27.8. The van der Waals surface area contributed by atoms with Crippen LogP contribution in [0.4, 0.5) is 9.18 Å². The van der Waals surface area contributed by atoms with Gasteiger partial charge in [0.05, 0.1) is 19.2 Å². The van der Waals surface area contributed by atoms with Gasteiger partial charge in [0.15, 0.2) is 0 Å². The Kier molecular flexibility index (Phi) is 3.48. The van der Waals surface area contributed by atoms with E-state index in [4.69, 9.17) is 4.74 Å². The number of carbonyl (C=O) groups is 1. The van der Waals surface area contributed by atoms with Crippen molar-refractivity contribution in [2.75, 3.05) is 27.3 Å². The zero-order chi connectivity index (χ0) is 9.84. The first-order valence-corrected chi connectivity index (χ1v) is 4.30. The molecule has 1 N–H and O–H groups in total. The van der Waals surface area contributed by atoms with Gasteiger partial charge in [-0.05, 0) is 0 Å². The fourth-order valence-electron chi connectivity index (χ4n) is 1.60. The zero-order valence-electron chi connectivity index (χ0n) is 7.92. The van der Waals surface area contributed by atoms with E-state index in [-0.39, 0.29) is 18.6 Å². The van der Waals surface area contributed by atoms with E-state index in [1.54, 1.807) is 7.11 Å². The summed E-state index contributed by atoms with van der Waals surface area (Å²) in [7, 11) is 3.09. The molecule has 5 heteroatoms. The molecule has 0 spiro atoms. The van der Waals surface area contributed by atoms with Crippen molar-refractivity contribution in [1.82, 2.24) is 10.2 Å². The predicted octanol–water partition coefficient (Wildman–Crippen LogP) is 0.385. The van der Waals surface area contributed by atoms with E-state index in [1.165, 1.54) is 11.9 Å². The maximum absolute atomic E-state index is 13.0. The fraction of sp³-hybridized carbons (Fsp3) is 0.875. The Morgan fingerprint density at radius 3 is 3.00 bits per heavy atom. The SMILES string of the molecule is CNC(=O)N1C[C@@H](F)C[C@H]1COC. The minimum atomic E-state index is -0.919. The molecule has 1 saturated heterocycles. The minimum absolute atomic E-state index is 0.125. The number of ether oxygens (including phenoxy) is 1. The summed E-state index contributed by atoms with van der Waals surface area (Å²) in [5.41, 5.74) is 0. The van der Waals surface area contributed by atoms with E-state index in [1.807, 2.05) is 0 Å². The lowest BCUT2D eigenvalue weighted by Crippen LogP contribution is -2.43. The summed E-state index contributed by atoms with van der Waals surface area (Å²) in [5, 5.41) is 2.48. The van der Waals surface area contributed by atoms with Crippen LogP contribution in [0.3, 0.4) is 0 Å². The molecular weight excluding hydrogens is 175 g/mol.